The number of rotatable bonds is 5. The fourth-order valence-corrected chi connectivity index (χ4v) is 2.14. The highest BCUT2D eigenvalue weighted by Crippen LogP contribution is 2.18. The molecule has 1 aromatic carbocycles. The lowest BCUT2D eigenvalue weighted by Gasteiger charge is -2.27. The van der Waals surface area contributed by atoms with E-state index in [1.165, 1.54) is 9.80 Å². The molecular formula is C15H22N2O3. The summed E-state index contributed by atoms with van der Waals surface area (Å²) in [5, 5.41) is 8.89. The van der Waals surface area contributed by atoms with Crippen LogP contribution in [0.1, 0.15) is 24.5 Å². The summed E-state index contributed by atoms with van der Waals surface area (Å²) in [4.78, 5) is 26.1. The summed E-state index contributed by atoms with van der Waals surface area (Å²) >= 11 is 0. The molecule has 0 aliphatic heterocycles. The predicted molar refractivity (Wildman–Crippen MR) is 79.2 cm³/mol. The highest BCUT2D eigenvalue weighted by atomic mass is 16.4. The van der Waals surface area contributed by atoms with Gasteiger partial charge in [-0.2, -0.15) is 0 Å². The second-order valence-corrected chi connectivity index (χ2v) is 5.00. The zero-order chi connectivity index (χ0) is 15.3. The molecule has 1 N–H and O–H groups in total. The lowest BCUT2D eigenvalue weighted by Crippen LogP contribution is -2.44. The number of carboxylic acid groups (broad SMARTS) is 1. The molecule has 0 aliphatic rings. The maximum absolute atomic E-state index is 12.4. The Labute approximate surface area is 119 Å². The van der Waals surface area contributed by atoms with Crippen molar-refractivity contribution in [3.8, 4) is 0 Å². The third-order valence-electron chi connectivity index (χ3n) is 2.97. The minimum atomic E-state index is -0.999. The van der Waals surface area contributed by atoms with Crippen LogP contribution in [-0.4, -0.2) is 42.1 Å². The highest BCUT2D eigenvalue weighted by Gasteiger charge is 2.20. The van der Waals surface area contributed by atoms with Crippen LogP contribution in [0.4, 0.5) is 10.5 Å². The van der Waals surface area contributed by atoms with Crippen LogP contribution in [0.2, 0.25) is 0 Å². The van der Waals surface area contributed by atoms with Crippen LogP contribution in [0.15, 0.2) is 18.2 Å². The Morgan fingerprint density at radius 2 is 1.70 bits per heavy atom. The SMILES string of the molecule is CCCN(CC(=O)O)C(=O)N(C)c1cc(C)cc(C)c1. The first-order valence-electron chi connectivity index (χ1n) is 6.68. The topological polar surface area (TPSA) is 60.9 Å². The fourth-order valence-electron chi connectivity index (χ4n) is 2.14. The molecule has 0 aliphatic carbocycles. The Morgan fingerprint density at radius 1 is 1.15 bits per heavy atom. The minimum Gasteiger partial charge on any atom is -0.480 e. The number of nitrogens with zero attached hydrogens (tertiary/aromatic N) is 2. The molecule has 1 aromatic rings. The molecule has 0 saturated carbocycles. The number of carboxylic acids is 1. The predicted octanol–water partition coefficient (Wildman–Crippen LogP) is 2.66. The lowest BCUT2D eigenvalue weighted by atomic mass is 10.1. The molecule has 1 rings (SSSR count). The number of aliphatic carboxylic acids is 1. The lowest BCUT2D eigenvalue weighted by molar-refractivity contribution is -0.137. The number of amides is 2. The van der Waals surface area contributed by atoms with Crippen molar-refractivity contribution in [2.45, 2.75) is 27.2 Å². The fraction of sp³-hybridized carbons (Fsp3) is 0.467. The van der Waals surface area contributed by atoms with Gasteiger partial charge in [-0.05, 0) is 43.5 Å². The molecule has 0 fully saturated rings. The number of anilines is 1. The molecule has 0 aromatic heterocycles. The zero-order valence-corrected chi connectivity index (χ0v) is 12.5. The van der Waals surface area contributed by atoms with Crippen LogP contribution in [0.25, 0.3) is 0 Å². The Kier molecular flexibility index (Phi) is 5.55. The van der Waals surface area contributed by atoms with Crippen LogP contribution >= 0.6 is 0 Å². The van der Waals surface area contributed by atoms with Gasteiger partial charge < -0.3 is 10.0 Å². The summed E-state index contributed by atoms with van der Waals surface area (Å²) in [5.74, 6) is -0.999. The van der Waals surface area contributed by atoms with Crippen LogP contribution in [-0.2, 0) is 4.79 Å². The quantitative estimate of drug-likeness (QED) is 0.900. The van der Waals surface area contributed by atoms with Crippen LogP contribution in [0, 0.1) is 13.8 Å². The average Bonchev–Trinajstić information content (AvgIpc) is 2.34. The van der Waals surface area contributed by atoms with E-state index in [4.69, 9.17) is 5.11 Å². The van der Waals surface area contributed by atoms with Crippen LogP contribution in [0.3, 0.4) is 0 Å². The van der Waals surface area contributed by atoms with Gasteiger partial charge in [0.25, 0.3) is 0 Å². The summed E-state index contributed by atoms with van der Waals surface area (Å²) in [6.07, 6.45) is 0.722. The number of aryl methyl sites for hydroxylation is 2. The number of hydrogen-bond donors (Lipinski definition) is 1. The largest absolute Gasteiger partial charge is 0.480 e. The van der Waals surface area contributed by atoms with E-state index in [0.29, 0.717) is 6.54 Å². The Balaban J connectivity index is 2.94. The summed E-state index contributed by atoms with van der Waals surface area (Å²) < 4.78 is 0. The second kappa shape index (κ2) is 6.93. The first kappa shape index (κ1) is 16.0. The number of hydrogen-bond acceptors (Lipinski definition) is 2. The number of carbonyl (C=O) groups excluding carboxylic acids is 1. The van der Waals surface area contributed by atoms with Crippen molar-refractivity contribution < 1.29 is 14.7 Å². The molecule has 5 heteroatoms. The smallest absolute Gasteiger partial charge is 0.324 e. The number of carbonyl (C=O) groups is 2. The average molecular weight is 278 g/mol. The van der Waals surface area contributed by atoms with Gasteiger partial charge in [-0.3, -0.25) is 9.69 Å². The van der Waals surface area contributed by atoms with Gasteiger partial charge in [-0.25, -0.2) is 4.79 Å². The molecule has 110 valence electrons. The zero-order valence-electron chi connectivity index (χ0n) is 12.5. The molecule has 5 nitrogen and oxygen atoms in total. The summed E-state index contributed by atoms with van der Waals surface area (Å²) in [6.45, 7) is 6.01. The van der Waals surface area contributed by atoms with Crippen molar-refractivity contribution in [2.24, 2.45) is 0 Å². The van der Waals surface area contributed by atoms with Gasteiger partial charge in [-0.15, -0.1) is 0 Å². The van der Waals surface area contributed by atoms with Gasteiger partial charge in [0.15, 0.2) is 0 Å². The molecule has 0 radical (unpaired) electrons. The van der Waals surface area contributed by atoms with Gasteiger partial charge in [0.1, 0.15) is 6.54 Å². The van der Waals surface area contributed by atoms with Gasteiger partial charge in [0.05, 0.1) is 0 Å². The second-order valence-electron chi connectivity index (χ2n) is 5.00. The normalized spacial score (nSPS) is 10.2. The van der Waals surface area contributed by atoms with Crippen molar-refractivity contribution in [1.82, 2.24) is 4.90 Å². The van der Waals surface area contributed by atoms with Crippen LogP contribution < -0.4 is 4.90 Å². The van der Waals surface area contributed by atoms with Gasteiger partial charge in [0, 0.05) is 19.3 Å². The molecule has 0 saturated heterocycles. The monoisotopic (exact) mass is 278 g/mol. The Morgan fingerprint density at radius 3 is 2.15 bits per heavy atom. The van der Waals surface area contributed by atoms with Crippen molar-refractivity contribution in [3.63, 3.8) is 0 Å². The van der Waals surface area contributed by atoms with Crippen molar-refractivity contribution in [2.75, 3.05) is 25.0 Å². The van der Waals surface area contributed by atoms with E-state index in [2.05, 4.69) is 0 Å². The van der Waals surface area contributed by atoms with Gasteiger partial charge in [0.2, 0.25) is 0 Å². The maximum atomic E-state index is 12.4. The van der Waals surface area contributed by atoms with Crippen LogP contribution in [0.5, 0.6) is 0 Å². The molecule has 0 unspecified atom stereocenters. The first-order valence-corrected chi connectivity index (χ1v) is 6.68. The van der Waals surface area contributed by atoms with E-state index < -0.39 is 5.97 Å². The molecule has 0 spiro atoms. The van der Waals surface area contributed by atoms with E-state index in [1.807, 2.05) is 39.0 Å². The molecular weight excluding hydrogens is 256 g/mol. The molecule has 0 bridgehead atoms. The first-order chi connectivity index (χ1) is 9.35. The van der Waals surface area contributed by atoms with Gasteiger partial charge >= 0.3 is 12.0 Å². The maximum Gasteiger partial charge on any atom is 0.324 e. The minimum absolute atomic E-state index is 0.276. The van der Waals surface area contributed by atoms with Gasteiger partial charge in [-0.1, -0.05) is 13.0 Å². The van der Waals surface area contributed by atoms with E-state index in [9.17, 15) is 9.59 Å². The highest BCUT2D eigenvalue weighted by molar-refractivity contribution is 5.93. The summed E-state index contributed by atoms with van der Waals surface area (Å²) in [7, 11) is 1.67. The van der Waals surface area contributed by atoms with E-state index >= 15 is 0 Å². The van der Waals surface area contributed by atoms with Crippen molar-refractivity contribution in [1.29, 1.82) is 0 Å². The molecule has 0 atom stereocenters. The molecule has 0 heterocycles. The molecule has 2 amide bonds. The van der Waals surface area contributed by atoms with Crippen molar-refractivity contribution in [3.05, 3.63) is 29.3 Å². The molecule has 20 heavy (non-hydrogen) atoms. The third kappa shape index (κ3) is 4.26. The third-order valence-corrected chi connectivity index (χ3v) is 2.97. The van der Waals surface area contributed by atoms with E-state index in [-0.39, 0.29) is 12.6 Å². The number of benzene rings is 1. The Hall–Kier alpha value is -2.04. The number of urea groups is 1. The summed E-state index contributed by atoms with van der Waals surface area (Å²) in [6, 6.07) is 5.56. The van der Waals surface area contributed by atoms with Crippen molar-refractivity contribution >= 4 is 17.7 Å². The Bertz CT molecular complexity index is 480. The van der Waals surface area contributed by atoms with E-state index in [1.54, 1.807) is 7.05 Å². The standard InChI is InChI=1S/C15H22N2O3/c1-5-6-17(10-14(18)19)15(20)16(4)13-8-11(2)7-12(3)9-13/h7-9H,5-6,10H2,1-4H3,(H,18,19). The summed E-state index contributed by atoms with van der Waals surface area (Å²) in [5.41, 5.74) is 2.92. The van der Waals surface area contributed by atoms with E-state index in [0.717, 1.165) is 23.2 Å².